The summed E-state index contributed by atoms with van der Waals surface area (Å²) in [6.45, 7) is 5.64. The van der Waals surface area contributed by atoms with Crippen LogP contribution < -0.4 is 11.1 Å². The normalized spacial score (nSPS) is 20.1. The third-order valence-electron chi connectivity index (χ3n) is 3.32. The van der Waals surface area contributed by atoms with E-state index in [4.69, 9.17) is 15.7 Å². The summed E-state index contributed by atoms with van der Waals surface area (Å²) in [6.07, 6.45) is 4.41. The van der Waals surface area contributed by atoms with Gasteiger partial charge in [0.25, 0.3) is 0 Å². The Kier molecular flexibility index (Phi) is 5.17. The van der Waals surface area contributed by atoms with E-state index in [0.717, 1.165) is 19.3 Å². The van der Waals surface area contributed by atoms with Gasteiger partial charge in [0.1, 0.15) is 12.1 Å². The second kappa shape index (κ2) is 6.23. The van der Waals surface area contributed by atoms with Crippen LogP contribution in [0.2, 0.25) is 0 Å². The SMILES string of the molecule is CC(C)(C)OCC(=O)NC1(C(N)=NO)CCCCC1. The van der Waals surface area contributed by atoms with Crippen LogP contribution >= 0.6 is 0 Å². The van der Waals surface area contributed by atoms with Gasteiger partial charge in [-0.05, 0) is 33.6 Å². The maximum absolute atomic E-state index is 12.0. The molecule has 1 rings (SSSR count). The van der Waals surface area contributed by atoms with Gasteiger partial charge in [0.15, 0.2) is 5.84 Å². The maximum Gasteiger partial charge on any atom is 0.246 e. The fourth-order valence-electron chi connectivity index (χ4n) is 2.28. The molecular weight excluding hydrogens is 246 g/mol. The Bertz CT molecular complexity index is 342. The van der Waals surface area contributed by atoms with E-state index in [1.807, 2.05) is 20.8 Å². The van der Waals surface area contributed by atoms with Gasteiger partial charge < -0.3 is 21.0 Å². The van der Waals surface area contributed by atoms with Crippen molar-refractivity contribution in [1.29, 1.82) is 0 Å². The zero-order valence-electron chi connectivity index (χ0n) is 12.0. The Morgan fingerprint density at radius 3 is 2.42 bits per heavy atom. The molecule has 0 aromatic heterocycles. The number of carbonyl (C=O) groups excluding carboxylic acids is 1. The van der Waals surface area contributed by atoms with Gasteiger partial charge in [-0.1, -0.05) is 24.4 Å². The molecule has 19 heavy (non-hydrogen) atoms. The van der Waals surface area contributed by atoms with E-state index in [1.54, 1.807) is 0 Å². The fourth-order valence-corrected chi connectivity index (χ4v) is 2.28. The molecule has 0 saturated heterocycles. The lowest BCUT2D eigenvalue weighted by molar-refractivity contribution is -0.132. The smallest absolute Gasteiger partial charge is 0.246 e. The number of carbonyl (C=O) groups is 1. The monoisotopic (exact) mass is 271 g/mol. The molecule has 1 amide bonds. The highest BCUT2D eigenvalue weighted by Gasteiger charge is 2.38. The summed E-state index contributed by atoms with van der Waals surface area (Å²) in [5.74, 6) is -0.153. The van der Waals surface area contributed by atoms with Crippen LogP contribution in [-0.2, 0) is 9.53 Å². The van der Waals surface area contributed by atoms with Gasteiger partial charge in [0, 0.05) is 0 Å². The summed E-state index contributed by atoms with van der Waals surface area (Å²) in [6, 6.07) is 0. The highest BCUT2D eigenvalue weighted by molar-refractivity contribution is 5.94. The molecule has 1 aliphatic carbocycles. The highest BCUT2D eigenvalue weighted by atomic mass is 16.5. The van der Waals surface area contributed by atoms with Crippen LogP contribution in [0.25, 0.3) is 0 Å². The molecule has 110 valence electrons. The van der Waals surface area contributed by atoms with Crippen molar-refractivity contribution < 1.29 is 14.7 Å². The third-order valence-corrected chi connectivity index (χ3v) is 3.32. The topological polar surface area (TPSA) is 96.9 Å². The predicted molar refractivity (Wildman–Crippen MR) is 73.1 cm³/mol. The lowest BCUT2D eigenvalue weighted by atomic mass is 9.80. The second-order valence-corrected chi connectivity index (χ2v) is 6.08. The Labute approximate surface area is 114 Å². The molecule has 1 saturated carbocycles. The Balaban J connectivity index is 2.65. The first-order valence-corrected chi connectivity index (χ1v) is 6.72. The van der Waals surface area contributed by atoms with Crippen molar-refractivity contribution in [3.63, 3.8) is 0 Å². The van der Waals surface area contributed by atoms with Gasteiger partial charge in [0.05, 0.1) is 5.60 Å². The van der Waals surface area contributed by atoms with Crippen LogP contribution in [0.1, 0.15) is 52.9 Å². The lowest BCUT2D eigenvalue weighted by Gasteiger charge is -2.37. The summed E-state index contributed by atoms with van der Waals surface area (Å²) < 4.78 is 5.44. The first-order chi connectivity index (χ1) is 8.79. The number of rotatable bonds is 4. The minimum atomic E-state index is -0.717. The van der Waals surface area contributed by atoms with E-state index >= 15 is 0 Å². The largest absolute Gasteiger partial charge is 0.409 e. The Hall–Kier alpha value is -1.30. The van der Waals surface area contributed by atoms with Gasteiger partial charge >= 0.3 is 0 Å². The van der Waals surface area contributed by atoms with Crippen molar-refractivity contribution in [2.45, 2.75) is 64.0 Å². The van der Waals surface area contributed by atoms with Crippen LogP contribution in [0.4, 0.5) is 0 Å². The molecule has 0 heterocycles. The van der Waals surface area contributed by atoms with Gasteiger partial charge in [-0.2, -0.15) is 0 Å². The average molecular weight is 271 g/mol. The number of hydrogen-bond acceptors (Lipinski definition) is 4. The minimum Gasteiger partial charge on any atom is -0.409 e. The molecule has 1 fully saturated rings. The van der Waals surface area contributed by atoms with Crippen LogP contribution in [0.5, 0.6) is 0 Å². The highest BCUT2D eigenvalue weighted by Crippen LogP contribution is 2.28. The number of nitrogens with two attached hydrogens (primary N) is 1. The standard InChI is InChI=1S/C13H25N3O3/c1-12(2,3)19-9-10(17)15-13(11(14)16-18)7-5-4-6-8-13/h18H,4-9H2,1-3H3,(H2,14,16)(H,15,17). The number of ether oxygens (including phenoxy) is 1. The molecule has 0 atom stereocenters. The summed E-state index contributed by atoms with van der Waals surface area (Å²) in [5, 5.41) is 14.9. The fraction of sp³-hybridized carbons (Fsp3) is 0.846. The van der Waals surface area contributed by atoms with E-state index in [-0.39, 0.29) is 24.0 Å². The van der Waals surface area contributed by atoms with Crippen molar-refractivity contribution in [3.05, 3.63) is 0 Å². The van der Waals surface area contributed by atoms with Crippen molar-refractivity contribution >= 4 is 11.7 Å². The average Bonchev–Trinajstić information content (AvgIpc) is 2.35. The molecular formula is C13H25N3O3. The lowest BCUT2D eigenvalue weighted by Crippen LogP contribution is -2.59. The van der Waals surface area contributed by atoms with Crippen molar-refractivity contribution in [2.24, 2.45) is 10.9 Å². The summed E-state index contributed by atoms with van der Waals surface area (Å²) in [7, 11) is 0. The molecule has 0 aromatic rings. The number of nitrogens with one attached hydrogen (secondary N) is 1. The van der Waals surface area contributed by atoms with E-state index in [0.29, 0.717) is 12.8 Å². The molecule has 0 radical (unpaired) electrons. The van der Waals surface area contributed by atoms with E-state index < -0.39 is 5.54 Å². The van der Waals surface area contributed by atoms with Gasteiger partial charge in [-0.25, -0.2) is 0 Å². The van der Waals surface area contributed by atoms with Crippen molar-refractivity contribution in [2.75, 3.05) is 6.61 Å². The van der Waals surface area contributed by atoms with Gasteiger partial charge in [0.2, 0.25) is 5.91 Å². The van der Waals surface area contributed by atoms with Crippen LogP contribution in [0, 0.1) is 0 Å². The minimum absolute atomic E-state index is 0.0239. The number of hydrogen-bond donors (Lipinski definition) is 3. The molecule has 0 bridgehead atoms. The molecule has 0 aromatic carbocycles. The van der Waals surface area contributed by atoms with Gasteiger partial charge in [-0.3, -0.25) is 4.79 Å². The summed E-state index contributed by atoms with van der Waals surface area (Å²) >= 11 is 0. The summed E-state index contributed by atoms with van der Waals surface area (Å²) in [5.41, 5.74) is 4.67. The van der Waals surface area contributed by atoms with Crippen LogP contribution in [-0.4, -0.2) is 34.7 Å². The quantitative estimate of drug-likeness (QED) is 0.311. The Morgan fingerprint density at radius 1 is 1.37 bits per heavy atom. The van der Waals surface area contributed by atoms with Crippen molar-refractivity contribution in [1.82, 2.24) is 5.32 Å². The van der Waals surface area contributed by atoms with E-state index in [9.17, 15) is 4.79 Å². The molecule has 6 nitrogen and oxygen atoms in total. The van der Waals surface area contributed by atoms with E-state index in [1.165, 1.54) is 0 Å². The van der Waals surface area contributed by atoms with Crippen molar-refractivity contribution in [3.8, 4) is 0 Å². The number of amides is 1. The first-order valence-electron chi connectivity index (χ1n) is 6.72. The number of amidine groups is 1. The molecule has 0 spiro atoms. The Morgan fingerprint density at radius 2 is 1.95 bits per heavy atom. The first kappa shape index (κ1) is 15.8. The molecule has 0 aliphatic heterocycles. The zero-order valence-corrected chi connectivity index (χ0v) is 12.0. The number of nitrogens with zero attached hydrogens (tertiary/aromatic N) is 1. The van der Waals surface area contributed by atoms with E-state index in [2.05, 4.69) is 10.5 Å². The van der Waals surface area contributed by atoms with Crippen LogP contribution in [0.3, 0.4) is 0 Å². The molecule has 4 N–H and O–H groups in total. The zero-order chi connectivity index (χ0) is 14.5. The second-order valence-electron chi connectivity index (χ2n) is 6.08. The van der Waals surface area contributed by atoms with Crippen LogP contribution in [0.15, 0.2) is 5.16 Å². The molecule has 0 unspecified atom stereocenters. The molecule has 1 aliphatic rings. The predicted octanol–water partition coefficient (Wildman–Crippen LogP) is 1.37. The third kappa shape index (κ3) is 4.70. The van der Waals surface area contributed by atoms with Gasteiger partial charge in [-0.15, -0.1) is 0 Å². The molecule has 6 heteroatoms. The maximum atomic E-state index is 12.0. The number of oxime groups is 1. The summed E-state index contributed by atoms with van der Waals surface area (Å²) in [4.78, 5) is 12.0.